The fraction of sp³-hybridized carbons (Fsp3) is 0.488. The lowest BCUT2D eigenvalue weighted by molar-refractivity contribution is 0.107. The van der Waals surface area contributed by atoms with Gasteiger partial charge in [-0.25, -0.2) is 22.9 Å². The number of alkyl halides is 1. The zero-order valence-corrected chi connectivity index (χ0v) is 31.6. The molecule has 4 saturated heterocycles. The molecule has 2 N–H and O–H groups in total. The summed E-state index contributed by atoms with van der Waals surface area (Å²) in [7, 11) is 0. The lowest BCUT2D eigenvalue weighted by Crippen LogP contribution is -2.59. The van der Waals surface area contributed by atoms with Crippen molar-refractivity contribution in [3.05, 3.63) is 69.3 Å². The third-order valence-corrected chi connectivity index (χ3v) is 13.1. The number of nitrogens with one attached hydrogen (secondary N) is 1. The Bertz CT molecular complexity index is 2540. The maximum atomic E-state index is 17.7. The molecule has 0 spiro atoms. The van der Waals surface area contributed by atoms with Gasteiger partial charge in [0.05, 0.1) is 22.2 Å². The van der Waals surface area contributed by atoms with Gasteiger partial charge in [0, 0.05) is 61.4 Å². The molecule has 5 aliphatic rings. The van der Waals surface area contributed by atoms with E-state index < -0.39 is 29.2 Å². The van der Waals surface area contributed by atoms with Crippen LogP contribution in [-0.2, 0) is 19.3 Å². The largest absolute Gasteiger partial charge is 0.519 e. The number of nitrogens with zero attached hydrogens (tertiary/aromatic N) is 5. The van der Waals surface area contributed by atoms with Crippen LogP contribution in [-0.4, -0.2) is 81.0 Å². The first-order valence-corrected chi connectivity index (χ1v) is 20.1. The highest BCUT2D eigenvalue weighted by molar-refractivity contribution is 6.03. The molecule has 2 aromatic carbocycles. The van der Waals surface area contributed by atoms with Gasteiger partial charge in [0.1, 0.15) is 52.9 Å². The maximum Gasteiger partial charge on any atom is 0.519 e. The summed E-state index contributed by atoms with van der Waals surface area (Å²) >= 11 is 0. The van der Waals surface area contributed by atoms with E-state index in [2.05, 4.69) is 21.0 Å². The number of anilines is 1. The minimum atomic E-state index is -0.957. The Labute approximate surface area is 326 Å². The number of pyridine rings is 1. The average molecular weight is 781 g/mol. The lowest BCUT2D eigenvalue weighted by atomic mass is 9.84. The first-order valence-electron chi connectivity index (χ1n) is 20.1. The summed E-state index contributed by atoms with van der Waals surface area (Å²) in [6.45, 7) is 3.90. The van der Waals surface area contributed by atoms with E-state index in [0.29, 0.717) is 79.0 Å². The number of hydrogen-bond acceptors (Lipinski definition) is 11. The molecule has 8 heterocycles. The van der Waals surface area contributed by atoms with E-state index in [-0.39, 0.29) is 70.1 Å². The monoisotopic (exact) mass is 780 g/mol. The zero-order valence-electron chi connectivity index (χ0n) is 31.6. The second-order valence-electron chi connectivity index (χ2n) is 16.6. The topological polar surface area (TPSA) is 130 Å². The maximum absolute atomic E-state index is 17.7. The van der Waals surface area contributed by atoms with Crippen LogP contribution in [0.5, 0.6) is 11.8 Å². The van der Waals surface area contributed by atoms with Crippen molar-refractivity contribution < 1.29 is 31.8 Å². The minimum Gasteiger partial charge on any atom is -0.508 e. The quantitative estimate of drug-likeness (QED) is 0.170. The number of halogens is 3. The predicted octanol–water partition coefficient (Wildman–Crippen LogP) is 6.38. The standard InChI is InChI=1S/C43H43F3N6O5/c1-3-6-33-34(57-42(54)56-33)15-22-13-31-36-39(37(46)38(48-31)28-17-26(53)16-23-7-9-29(45)27(4-2)35(23)28)49-41(55-21-43-11-5-12-51(43)19-24(44)18-43)50-40(36)52-20-25-8-10-30(47-25)32(52)14-22/h2,7,9,16-17,22,24-25,30,32,47,53H,3,5-6,8,10-15,18-21H2,1H3/t22?,24-,25-,30+,32-,43+/m1/s1. The van der Waals surface area contributed by atoms with Crippen LogP contribution in [0.2, 0.25) is 0 Å². The third kappa shape index (κ3) is 6.04. The van der Waals surface area contributed by atoms with Gasteiger partial charge >= 0.3 is 11.8 Å². The summed E-state index contributed by atoms with van der Waals surface area (Å²) in [5.41, 5.74) is -0.170. The van der Waals surface area contributed by atoms with E-state index in [1.54, 1.807) is 0 Å². The molecule has 11 nitrogen and oxygen atoms in total. The van der Waals surface area contributed by atoms with E-state index in [9.17, 15) is 14.3 Å². The van der Waals surface area contributed by atoms with Crippen molar-refractivity contribution in [1.82, 2.24) is 25.2 Å². The van der Waals surface area contributed by atoms with Gasteiger partial charge < -0.3 is 28.9 Å². The molecule has 1 unspecified atom stereocenters. The minimum absolute atomic E-state index is 0.0229. The highest BCUT2D eigenvalue weighted by atomic mass is 19.1. The Morgan fingerprint density at radius 3 is 2.82 bits per heavy atom. The summed E-state index contributed by atoms with van der Waals surface area (Å²) < 4.78 is 65.3. The Kier molecular flexibility index (Phi) is 8.75. The number of phenolic OH excluding ortho intramolecular Hbond substituents is 1. The molecule has 57 heavy (non-hydrogen) atoms. The van der Waals surface area contributed by atoms with Crippen LogP contribution in [0.25, 0.3) is 32.9 Å². The second-order valence-corrected chi connectivity index (χ2v) is 16.6. The van der Waals surface area contributed by atoms with Crippen molar-refractivity contribution in [2.45, 2.75) is 101 Å². The summed E-state index contributed by atoms with van der Waals surface area (Å²) in [5.74, 6) is 1.40. The number of phenols is 1. The van der Waals surface area contributed by atoms with Crippen molar-refractivity contribution in [3.8, 4) is 35.4 Å². The van der Waals surface area contributed by atoms with Crippen molar-refractivity contribution in [1.29, 1.82) is 0 Å². The van der Waals surface area contributed by atoms with Gasteiger partial charge in [-0.15, -0.1) is 6.42 Å². The van der Waals surface area contributed by atoms with Crippen molar-refractivity contribution in [3.63, 3.8) is 0 Å². The molecule has 6 atom stereocenters. The number of benzene rings is 2. The van der Waals surface area contributed by atoms with Gasteiger partial charge in [-0.1, -0.05) is 18.9 Å². The number of fused-ring (bicyclic) bond motifs is 7. The van der Waals surface area contributed by atoms with E-state index in [1.807, 2.05) is 6.92 Å². The molecule has 296 valence electrons. The fourth-order valence-corrected chi connectivity index (χ4v) is 10.7. The number of terminal acetylenes is 1. The van der Waals surface area contributed by atoms with Crippen LogP contribution in [0, 0.1) is 29.9 Å². The zero-order chi connectivity index (χ0) is 39.2. The molecule has 0 radical (unpaired) electrons. The smallest absolute Gasteiger partial charge is 0.508 e. The second kappa shape index (κ2) is 13.8. The van der Waals surface area contributed by atoms with Crippen molar-refractivity contribution in [2.75, 3.05) is 31.1 Å². The van der Waals surface area contributed by atoms with Crippen molar-refractivity contribution in [2.24, 2.45) is 5.92 Å². The SMILES string of the molecule is C#Cc1c(F)ccc2cc(O)cc(-c3nc4c5c(nc(OC[C@@]67CCCN6C[C@H](F)C7)nc5c3F)N3C[C@H]5CC[C@H](N5)[C@H]3CC(Cc3oc(=O)oc3CCC)C4)c12. The van der Waals surface area contributed by atoms with Crippen LogP contribution in [0.3, 0.4) is 0 Å². The molecule has 2 bridgehead atoms. The number of piperazine rings is 1. The molecule has 14 heteroatoms. The van der Waals surface area contributed by atoms with Gasteiger partial charge in [0.15, 0.2) is 5.82 Å². The van der Waals surface area contributed by atoms with E-state index >= 15 is 8.78 Å². The Morgan fingerprint density at radius 1 is 1.12 bits per heavy atom. The van der Waals surface area contributed by atoms with Crippen LogP contribution < -0.4 is 20.8 Å². The highest BCUT2D eigenvalue weighted by Gasteiger charge is 2.50. The van der Waals surface area contributed by atoms with Crippen LogP contribution in [0.4, 0.5) is 19.0 Å². The molecule has 4 fully saturated rings. The number of aromatic nitrogens is 3. The van der Waals surface area contributed by atoms with Crippen LogP contribution >= 0.6 is 0 Å². The molecule has 5 aliphatic heterocycles. The van der Waals surface area contributed by atoms with Gasteiger partial charge in [0.2, 0.25) is 0 Å². The number of aromatic hydroxyl groups is 1. The first-order chi connectivity index (χ1) is 27.6. The Hall–Kier alpha value is -5.13. The van der Waals surface area contributed by atoms with Gasteiger partial charge in [-0.3, -0.25) is 4.90 Å². The van der Waals surface area contributed by atoms with E-state index in [1.165, 1.54) is 24.3 Å². The Morgan fingerprint density at radius 2 is 1.98 bits per heavy atom. The van der Waals surface area contributed by atoms with Crippen LogP contribution in [0.15, 0.2) is 37.9 Å². The van der Waals surface area contributed by atoms with Gasteiger partial charge in [-0.2, -0.15) is 9.97 Å². The molecule has 10 rings (SSSR count). The molecule has 0 amide bonds. The number of ether oxygens (including phenoxy) is 1. The molecule has 3 aromatic heterocycles. The molecule has 0 aliphatic carbocycles. The average Bonchev–Trinajstić information content (AvgIpc) is 3.94. The first kappa shape index (κ1) is 36.2. The molecule has 5 aromatic rings. The van der Waals surface area contributed by atoms with Crippen LogP contribution in [0.1, 0.15) is 74.6 Å². The van der Waals surface area contributed by atoms with E-state index in [4.69, 9.17) is 34.9 Å². The number of aryl methyl sites for hydroxylation is 1. The Balaban J connectivity index is 1.19. The fourth-order valence-electron chi connectivity index (χ4n) is 10.7. The summed E-state index contributed by atoms with van der Waals surface area (Å²) in [5, 5.41) is 15.8. The molecular formula is C43H43F3N6O5. The predicted molar refractivity (Wildman–Crippen MR) is 206 cm³/mol. The van der Waals surface area contributed by atoms with Gasteiger partial charge in [0.25, 0.3) is 0 Å². The summed E-state index contributed by atoms with van der Waals surface area (Å²) in [4.78, 5) is 31.6. The van der Waals surface area contributed by atoms with Crippen molar-refractivity contribution >= 4 is 27.5 Å². The third-order valence-electron chi connectivity index (χ3n) is 13.1. The van der Waals surface area contributed by atoms with E-state index in [0.717, 1.165) is 38.6 Å². The highest BCUT2D eigenvalue weighted by Crippen LogP contribution is 2.45. The lowest BCUT2D eigenvalue weighted by Gasteiger charge is -2.44. The van der Waals surface area contributed by atoms with Gasteiger partial charge in [-0.05, 0) is 81.0 Å². The summed E-state index contributed by atoms with van der Waals surface area (Å²) in [6.07, 6.45) is 11.5. The summed E-state index contributed by atoms with van der Waals surface area (Å²) in [6, 6.07) is 5.73. The molecular weight excluding hydrogens is 738 g/mol. The number of rotatable bonds is 8. The molecule has 0 saturated carbocycles. The normalized spacial score (nSPS) is 26.7. The number of hydrogen-bond donors (Lipinski definition) is 2.